The first-order valence-corrected chi connectivity index (χ1v) is 10.6. The molecule has 0 aromatic heterocycles. The normalized spacial score (nSPS) is 19.8. The van der Waals surface area contributed by atoms with Crippen LogP contribution >= 0.6 is 0 Å². The molecule has 0 aliphatic carbocycles. The van der Waals surface area contributed by atoms with E-state index < -0.39 is 17.6 Å². The fourth-order valence-electron chi connectivity index (χ4n) is 3.92. The number of hydrogen-bond donors (Lipinski definition) is 2. The number of benzene rings is 1. The van der Waals surface area contributed by atoms with Gasteiger partial charge in [0.05, 0.1) is 30.7 Å². The molecule has 0 radical (unpaired) electrons. The number of ether oxygens (including phenoxy) is 2. The highest BCUT2D eigenvalue weighted by molar-refractivity contribution is 5.79. The smallest absolute Gasteiger partial charge is 0.410 e. The van der Waals surface area contributed by atoms with Crippen molar-refractivity contribution in [3.8, 4) is 0 Å². The van der Waals surface area contributed by atoms with Crippen LogP contribution in [0.1, 0.15) is 46.1 Å². The molecule has 1 aliphatic heterocycles. The second-order valence-corrected chi connectivity index (χ2v) is 8.95. The van der Waals surface area contributed by atoms with Gasteiger partial charge in [0.1, 0.15) is 5.60 Å². The van der Waals surface area contributed by atoms with Crippen LogP contribution in [0.25, 0.3) is 0 Å². The lowest BCUT2D eigenvalue weighted by molar-refractivity contribution is -0.131. The highest BCUT2D eigenvalue weighted by Crippen LogP contribution is 2.28. The summed E-state index contributed by atoms with van der Waals surface area (Å²) in [6, 6.07) is 9.11. The molecule has 2 rings (SSSR count). The topological polar surface area (TPSA) is 88.1 Å². The zero-order chi connectivity index (χ0) is 22.3. The SMILES string of the molecule is CO[C@H]([C@@H](C)C(=O)NC(CO)Cc1ccccc1)[C@@H]1CCCN1C(=O)OC(C)(C)C. The monoisotopic (exact) mass is 420 g/mol. The van der Waals surface area contributed by atoms with Crippen LogP contribution < -0.4 is 5.32 Å². The van der Waals surface area contributed by atoms with Gasteiger partial charge in [-0.15, -0.1) is 0 Å². The summed E-state index contributed by atoms with van der Waals surface area (Å²) in [7, 11) is 1.56. The van der Waals surface area contributed by atoms with E-state index in [0.717, 1.165) is 18.4 Å². The fraction of sp³-hybridized carbons (Fsp3) is 0.652. The molecule has 2 amide bonds. The van der Waals surface area contributed by atoms with Gasteiger partial charge < -0.3 is 24.8 Å². The van der Waals surface area contributed by atoms with Crippen molar-refractivity contribution >= 4 is 12.0 Å². The van der Waals surface area contributed by atoms with E-state index in [0.29, 0.717) is 13.0 Å². The zero-order valence-corrected chi connectivity index (χ0v) is 18.8. The maximum absolute atomic E-state index is 12.9. The summed E-state index contributed by atoms with van der Waals surface area (Å²) in [5, 5.41) is 12.7. The minimum Gasteiger partial charge on any atom is -0.444 e. The summed E-state index contributed by atoms with van der Waals surface area (Å²) in [4.78, 5) is 27.2. The summed E-state index contributed by atoms with van der Waals surface area (Å²) >= 11 is 0. The number of nitrogens with one attached hydrogen (secondary N) is 1. The third kappa shape index (κ3) is 6.71. The van der Waals surface area contributed by atoms with E-state index in [9.17, 15) is 14.7 Å². The summed E-state index contributed by atoms with van der Waals surface area (Å²) in [6.07, 6.45) is 1.29. The van der Waals surface area contributed by atoms with E-state index in [1.165, 1.54) is 0 Å². The Bertz CT molecular complexity index is 689. The summed E-state index contributed by atoms with van der Waals surface area (Å²) < 4.78 is 11.2. The van der Waals surface area contributed by atoms with Crippen LogP contribution in [0.15, 0.2) is 30.3 Å². The average molecular weight is 421 g/mol. The lowest BCUT2D eigenvalue weighted by Gasteiger charge is -2.35. The van der Waals surface area contributed by atoms with Gasteiger partial charge in [-0.2, -0.15) is 0 Å². The minimum atomic E-state index is -0.582. The largest absolute Gasteiger partial charge is 0.444 e. The number of amides is 2. The first-order chi connectivity index (χ1) is 14.2. The predicted octanol–water partition coefficient (Wildman–Crippen LogP) is 2.76. The van der Waals surface area contributed by atoms with Gasteiger partial charge in [0.2, 0.25) is 5.91 Å². The van der Waals surface area contributed by atoms with Crippen molar-refractivity contribution in [2.75, 3.05) is 20.3 Å². The molecule has 1 unspecified atom stereocenters. The van der Waals surface area contributed by atoms with Crippen molar-refractivity contribution in [2.24, 2.45) is 5.92 Å². The molecule has 1 heterocycles. The minimum absolute atomic E-state index is 0.154. The Morgan fingerprint density at radius 1 is 1.27 bits per heavy atom. The maximum Gasteiger partial charge on any atom is 0.410 e. The summed E-state index contributed by atoms with van der Waals surface area (Å²) in [6.45, 7) is 7.73. The van der Waals surface area contributed by atoms with E-state index in [1.807, 2.05) is 51.1 Å². The Labute approximate surface area is 179 Å². The number of likely N-dealkylation sites (tertiary alicyclic amines) is 1. The second kappa shape index (κ2) is 10.8. The predicted molar refractivity (Wildman–Crippen MR) is 115 cm³/mol. The van der Waals surface area contributed by atoms with Crippen LogP contribution in [0.3, 0.4) is 0 Å². The molecular formula is C23H36N2O5. The van der Waals surface area contributed by atoms with E-state index in [1.54, 1.807) is 18.9 Å². The van der Waals surface area contributed by atoms with Gasteiger partial charge in [0, 0.05) is 13.7 Å². The van der Waals surface area contributed by atoms with Crippen LogP contribution in [0, 0.1) is 5.92 Å². The summed E-state index contributed by atoms with van der Waals surface area (Å²) in [5.74, 6) is -0.694. The third-order valence-electron chi connectivity index (χ3n) is 5.38. The van der Waals surface area contributed by atoms with E-state index in [-0.39, 0.29) is 30.7 Å². The van der Waals surface area contributed by atoms with Crippen molar-refractivity contribution in [1.29, 1.82) is 0 Å². The molecule has 1 aliphatic rings. The molecule has 7 heteroatoms. The van der Waals surface area contributed by atoms with Gasteiger partial charge in [-0.1, -0.05) is 37.3 Å². The Balaban J connectivity index is 2.03. The Morgan fingerprint density at radius 2 is 1.93 bits per heavy atom. The number of carbonyl (C=O) groups is 2. The first-order valence-electron chi connectivity index (χ1n) is 10.6. The van der Waals surface area contributed by atoms with Crippen molar-refractivity contribution in [2.45, 2.75) is 70.7 Å². The van der Waals surface area contributed by atoms with Gasteiger partial charge in [0.15, 0.2) is 0 Å². The quantitative estimate of drug-likeness (QED) is 0.675. The molecule has 0 saturated carbocycles. The van der Waals surface area contributed by atoms with Crippen molar-refractivity contribution in [3.05, 3.63) is 35.9 Å². The highest BCUT2D eigenvalue weighted by atomic mass is 16.6. The van der Waals surface area contributed by atoms with E-state index in [2.05, 4.69) is 5.32 Å². The van der Waals surface area contributed by atoms with Crippen molar-refractivity contribution in [3.63, 3.8) is 0 Å². The van der Waals surface area contributed by atoms with Crippen molar-refractivity contribution < 1.29 is 24.2 Å². The van der Waals surface area contributed by atoms with Crippen LogP contribution in [-0.2, 0) is 20.7 Å². The number of nitrogens with zero attached hydrogens (tertiary/aromatic N) is 1. The van der Waals surface area contributed by atoms with Crippen LogP contribution in [0.5, 0.6) is 0 Å². The second-order valence-electron chi connectivity index (χ2n) is 8.95. The van der Waals surface area contributed by atoms with Gasteiger partial charge in [-0.05, 0) is 45.6 Å². The van der Waals surface area contributed by atoms with E-state index in [4.69, 9.17) is 9.47 Å². The molecule has 2 N–H and O–H groups in total. The molecular weight excluding hydrogens is 384 g/mol. The molecule has 1 aromatic carbocycles. The number of aliphatic hydroxyl groups excluding tert-OH is 1. The first kappa shape index (κ1) is 24.2. The van der Waals surface area contributed by atoms with Gasteiger partial charge in [-0.3, -0.25) is 4.79 Å². The summed E-state index contributed by atoms with van der Waals surface area (Å²) in [5.41, 5.74) is 0.460. The lowest BCUT2D eigenvalue weighted by atomic mass is 9.94. The number of aliphatic hydroxyl groups is 1. The van der Waals surface area contributed by atoms with Gasteiger partial charge in [-0.25, -0.2) is 4.79 Å². The number of methoxy groups -OCH3 is 1. The average Bonchev–Trinajstić information content (AvgIpc) is 3.17. The lowest BCUT2D eigenvalue weighted by Crippen LogP contribution is -2.52. The van der Waals surface area contributed by atoms with Gasteiger partial charge >= 0.3 is 6.09 Å². The molecule has 30 heavy (non-hydrogen) atoms. The molecule has 1 fully saturated rings. The molecule has 7 nitrogen and oxygen atoms in total. The molecule has 0 spiro atoms. The molecule has 1 aromatic rings. The Morgan fingerprint density at radius 3 is 2.50 bits per heavy atom. The molecule has 0 bridgehead atoms. The van der Waals surface area contributed by atoms with Gasteiger partial charge in [0.25, 0.3) is 0 Å². The fourth-order valence-corrected chi connectivity index (χ4v) is 3.92. The maximum atomic E-state index is 12.9. The molecule has 4 atom stereocenters. The van der Waals surface area contributed by atoms with Crippen LogP contribution in [0.2, 0.25) is 0 Å². The number of rotatable bonds is 8. The standard InChI is InChI=1S/C23H36N2O5/c1-16(21(27)24-18(15-26)14-17-10-7-6-8-11-17)20(29-5)19-12-9-13-25(19)22(28)30-23(2,3)4/h6-8,10-11,16,18-20,26H,9,12-15H2,1-5H3,(H,24,27)/t16-,18?,19+,20-/m1/s1. The Kier molecular flexibility index (Phi) is 8.67. The number of hydrogen-bond acceptors (Lipinski definition) is 5. The Hall–Kier alpha value is -2.12. The van der Waals surface area contributed by atoms with E-state index >= 15 is 0 Å². The third-order valence-corrected chi connectivity index (χ3v) is 5.38. The molecule has 168 valence electrons. The van der Waals surface area contributed by atoms with Crippen LogP contribution in [-0.4, -0.2) is 66.1 Å². The molecule has 1 saturated heterocycles. The van der Waals surface area contributed by atoms with Crippen molar-refractivity contribution in [1.82, 2.24) is 10.2 Å². The van der Waals surface area contributed by atoms with Crippen LogP contribution in [0.4, 0.5) is 4.79 Å². The zero-order valence-electron chi connectivity index (χ0n) is 18.8. The number of carbonyl (C=O) groups excluding carboxylic acids is 2. The highest BCUT2D eigenvalue weighted by Gasteiger charge is 2.41.